The highest BCUT2D eigenvalue weighted by Crippen LogP contribution is 2.32. The first-order chi connectivity index (χ1) is 10.2. The standard InChI is InChI=1S/C16H17N3OS/c1-3-20-12-6-4-5-11(7-12)19-14-9-15-16(8-13(14)17)21-10(2)18-15/h4-9,19H,3,17H2,1-2H3. The number of nitrogens with zero attached hydrogens (tertiary/aromatic N) is 1. The highest BCUT2D eigenvalue weighted by Gasteiger charge is 2.07. The number of nitrogen functional groups attached to an aromatic ring is 1. The Morgan fingerprint density at radius 3 is 2.95 bits per heavy atom. The molecule has 5 heteroatoms. The van der Waals surface area contributed by atoms with E-state index in [1.807, 2.05) is 50.2 Å². The first-order valence-electron chi connectivity index (χ1n) is 6.82. The minimum absolute atomic E-state index is 0.648. The summed E-state index contributed by atoms with van der Waals surface area (Å²) < 4.78 is 6.62. The molecule has 108 valence electrons. The summed E-state index contributed by atoms with van der Waals surface area (Å²) in [6, 6.07) is 11.8. The highest BCUT2D eigenvalue weighted by atomic mass is 32.1. The fourth-order valence-electron chi connectivity index (χ4n) is 2.20. The maximum absolute atomic E-state index is 6.13. The van der Waals surface area contributed by atoms with Gasteiger partial charge in [0.15, 0.2) is 0 Å². The first kappa shape index (κ1) is 13.7. The third-order valence-corrected chi connectivity index (χ3v) is 4.02. The number of thiazole rings is 1. The zero-order valence-electron chi connectivity index (χ0n) is 12.0. The van der Waals surface area contributed by atoms with Gasteiger partial charge in [0.25, 0.3) is 0 Å². The molecule has 0 fully saturated rings. The van der Waals surface area contributed by atoms with Crippen LogP contribution >= 0.6 is 11.3 Å². The third-order valence-electron chi connectivity index (χ3n) is 3.09. The summed E-state index contributed by atoms with van der Waals surface area (Å²) in [5, 5.41) is 4.37. The predicted molar refractivity (Wildman–Crippen MR) is 89.7 cm³/mol. The fourth-order valence-corrected chi connectivity index (χ4v) is 3.06. The Balaban J connectivity index is 1.93. The van der Waals surface area contributed by atoms with Crippen molar-refractivity contribution in [2.24, 2.45) is 0 Å². The number of rotatable bonds is 4. The number of fused-ring (bicyclic) bond motifs is 1. The summed E-state index contributed by atoms with van der Waals surface area (Å²) in [5.41, 5.74) is 9.61. The van der Waals surface area contributed by atoms with Gasteiger partial charge in [-0.3, -0.25) is 0 Å². The molecule has 3 rings (SSSR count). The predicted octanol–water partition coefficient (Wildman–Crippen LogP) is 4.33. The summed E-state index contributed by atoms with van der Waals surface area (Å²) in [4.78, 5) is 4.50. The van der Waals surface area contributed by atoms with Crippen LogP contribution in [0.15, 0.2) is 36.4 Å². The average Bonchev–Trinajstić information content (AvgIpc) is 2.79. The first-order valence-corrected chi connectivity index (χ1v) is 7.64. The second-order valence-electron chi connectivity index (χ2n) is 4.73. The van der Waals surface area contributed by atoms with Gasteiger partial charge in [-0.25, -0.2) is 4.98 Å². The van der Waals surface area contributed by atoms with Crippen molar-refractivity contribution in [1.82, 2.24) is 4.98 Å². The van der Waals surface area contributed by atoms with Crippen molar-refractivity contribution in [3.63, 3.8) is 0 Å². The number of aromatic nitrogens is 1. The molecule has 3 aromatic rings. The summed E-state index contributed by atoms with van der Waals surface area (Å²) in [5.74, 6) is 0.839. The highest BCUT2D eigenvalue weighted by molar-refractivity contribution is 7.18. The minimum atomic E-state index is 0.648. The zero-order chi connectivity index (χ0) is 14.8. The van der Waals surface area contributed by atoms with Crippen molar-refractivity contribution in [2.45, 2.75) is 13.8 Å². The van der Waals surface area contributed by atoms with E-state index in [4.69, 9.17) is 10.5 Å². The van der Waals surface area contributed by atoms with Crippen molar-refractivity contribution >= 4 is 38.6 Å². The van der Waals surface area contributed by atoms with Crippen LogP contribution in [0.1, 0.15) is 11.9 Å². The second kappa shape index (κ2) is 5.61. The van der Waals surface area contributed by atoms with Crippen LogP contribution in [-0.4, -0.2) is 11.6 Å². The molecule has 1 aromatic heterocycles. The van der Waals surface area contributed by atoms with Gasteiger partial charge in [-0.1, -0.05) is 6.07 Å². The quantitative estimate of drug-likeness (QED) is 0.704. The van der Waals surface area contributed by atoms with E-state index in [1.165, 1.54) is 0 Å². The van der Waals surface area contributed by atoms with Crippen LogP contribution in [0.5, 0.6) is 5.75 Å². The van der Waals surface area contributed by atoms with Gasteiger partial charge >= 0.3 is 0 Å². The third kappa shape index (κ3) is 2.92. The Bertz CT molecular complexity index is 782. The van der Waals surface area contributed by atoms with E-state index in [0.29, 0.717) is 12.3 Å². The number of hydrogen-bond acceptors (Lipinski definition) is 5. The largest absolute Gasteiger partial charge is 0.494 e. The monoisotopic (exact) mass is 299 g/mol. The molecule has 0 amide bonds. The maximum Gasteiger partial charge on any atom is 0.121 e. The fraction of sp³-hybridized carbons (Fsp3) is 0.188. The molecule has 21 heavy (non-hydrogen) atoms. The number of anilines is 3. The smallest absolute Gasteiger partial charge is 0.121 e. The van der Waals surface area contributed by atoms with E-state index < -0.39 is 0 Å². The molecule has 4 nitrogen and oxygen atoms in total. The van der Waals surface area contributed by atoms with E-state index in [9.17, 15) is 0 Å². The van der Waals surface area contributed by atoms with Crippen molar-refractivity contribution in [3.8, 4) is 5.75 Å². The Hall–Kier alpha value is -2.27. The Labute approximate surface area is 127 Å². The van der Waals surface area contributed by atoms with Crippen LogP contribution in [-0.2, 0) is 0 Å². The van der Waals surface area contributed by atoms with Gasteiger partial charge in [0.05, 0.1) is 33.2 Å². The van der Waals surface area contributed by atoms with Gasteiger partial charge in [-0.2, -0.15) is 0 Å². The van der Waals surface area contributed by atoms with Gasteiger partial charge in [0.2, 0.25) is 0 Å². The van der Waals surface area contributed by atoms with Crippen LogP contribution < -0.4 is 15.8 Å². The lowest BCUT2D eigenvalue weighted by atomic mass is 10.2. The molecule has 0 saturated carbocycles. The van der Waals surface area contributed by atoms with E-state index in [0.717, 1.165) is 32.3 Å². The van der Waals surface area contributed by atoms with Crippen molar-refractivity contribution in [3.05, 3.63) is 41.4 Å². The summed E-state index contributed by atoms with van der Waals surface area (Å²) in [6.45, 7) is 4.62. The number of hydrogen-bond donors (Lipinski definition) is 2. The number of benzene rings is 2. The number of nitrogens with two attached hydrogens (primary N) is 1. The normalized spacial score (nSPS) is 10.8. The molecule has 0 saturated heterocycles. The lowest BCUT2D eigenvalue weighted by Gasteiger charge is -2.11. The van der Waals surface area contributed by atoms with Crippen LogP contribution in [0.3, 0.4) is 0 Å². The van der Waals surface area contributed by atoms with E-state index in [2.05, 4.69) is 10.3 Å². The van der Waals surface area contributed by atoms with E-state index in [-0.39, 0.29) is 0 Å². The molecule has 1 heterocycles. The SMILES string of the molecule is CCOc1cccc(Nc2cc3nc(C)sc3cc2N)c1. The second-order valence-corrected chi connectivity index (χ2v) is 5.96. The van der Waals surface area contributed by atoms with Crippen LogP contribution in [0.2, 0.25) is 0 Å². The lowest BCUT2D eigenvalue weighted by Crippen LogP contribution is -1.97. The summed E-state index contributed by atoms with van der Waals surface area (Å²) >= 11 is 1.65. The summed E-state index contributed by atoms with van der Waals surface area (Å²) in [6.07, 6.45) is 0. The molecule has 0 bridgehead atoms. The van der Waals surface area contributed by atoms with Gasteiger partial charge < -0.3 is 15.8 Å². The molecule has 0 aliphatic heterocycles. The van der Waals surface area contributed by atoms with Gasteiger partial charge in [0.1, 0.15) is 5.75 Å². The van der Waals surface area contributed by atoms with Gasteiger partial charge in [0, 0.05) is 11.8 Å². The molecule has 0 aliphatic rings. The topological polar surface area (TPSA) is 60.2 Å². The van der Waals surface area contributed by atoms with Crippen molar-refractivity contribution in [1.29, 1.82) is 0 Å². The molecule has 0 spiro atoms. The Morgan fingerprint density at radius 2 is 2.14 bits per heavy atom. The molecular formula is C16H17N3OS. The number of aryl methyl sites for hydroxylation is 1. The maximum atomic E-state index is 6.13. The zero-order valence-corrected chi connectivity index (χ0v) is 12.8. The van der Waals surface area contributed by atoms with Crippen LogP contribution in [0.25, 0.3) is 10.2 Å². The van der Waals surface area contributed by atoms with Crippen LogP contribution in [0, 0.1) is 6.92 Å². The number of nitrogens with one attached hydrogen (secondary N) is 1. The molecule has 2 aromatic carbocycles. The molecule has 0 atom stereocenters. The van der Waals surface area contributed by atoms with Crippen molar-refractivity contribution < 1.29 is 4.74 Å². The molecule has 0 unspecified atom stereocenters. The van der Waals surface area contributed by atoms with Crippen LogP contribution in [0.4, 0.5) is 17.1 Å². The molecule has 0 radical (unpaired) electrons. The van der Waals surface area contributed by atoms with E-state index >= 15 is 0 Å². The lowest BCUT2D eigenvalue weighted by molar-refractivity contribution is 0.340. The minimum Gasteiger partial charge on any atom is -0.494 e. The van der Waals surface area contributed by atoms with Gasteiger partial charge in [-0.15, -0.1) is 11.3 Å². The molecular weight excluding hydrogens is 282 g/mol. The molecule has 0 aliphatic carbocycles. The number of ether oxygens (including phenoxy) is 1. The Kier molecular flexibility index (Phi) is 3.66. The van der Waals surface area contributed by atoms with Crippen molar-refractivity contribution in [2.75, 3.05) is 17.7 Å². The average molecular weight is 299 g/mol. The van der Waals surface area contributed by atoms with E-state index in [1.54, 1.807) is 11.3 Å². The van der Waals surface area contributed by atoms with Gasteiger partial charge in [-0.05, 0) is 38.1 Å². The summed E-state index contributed by atoms with van der Waals surface area (Å²) in [7, 11) is 0. The Morgan fingerprint density at radius 1 is 1.29 bits per heavy atom. The molecule has 3 N–H and O–H groups in total.